The largest absolute Gasteiger partial charge is 0.479 e. The molecule has 2 aromatic rings. The molecule has 5 rings (SSSR count). The lowest BCUT2D eigenvalue weighted by molar-refractivity contribution is -0.224. The standard InChI is InChI=1S/C18H26N5O7P/c1-17(2,3)8-28-31(24)27-7-10-12(30-31)18(5-6-26-18)15(29-10)23-9-20-11-13(23)21-16(19)22-14(11)25-4/h9-10,12,15H,5-8H2,1-4H3,(H2,19,21,22)/t10?,12-,15?,18-,31?/m1/s1. The predicted molar refractivity (Wildman–Crippen MR) is 107 cm³/mol. The van der Waals surface area contributed by atoms with E-state index >= 15 is 0 Å². The van der Waals surface area contributed by atoms with Gasteiger partial charge in [0, 0.05) is 6.42 Å². The number of imidazole rings is 1. The van der Waals surface area contributed by atoms with Gasteiger partial charge in [-0.3, -0.25) is 18.1 Å². The van der Waals surface area contributed by atoms with Crippen molar-refractivity contribution in [2.45, 2.75) is 51.2 Å². The molecule has 2 aromatic heterocycles. The van der Waals surface area contributed by atoms with Gasteiger partial charge in [-0.25, -0.2) is 9.55 Å². The fourth-order valence-electron chi connectivity index (χ4n) is 4.04. The van der Waals surface area contributed by atoms with Gasteiger partial charge < -0.3 is 19.9 Å². The molecule has 1 spiro atoms. The van der Waals surface area contributed by atoms with Crippen LogP contribution < -0.4 is 10.5 Å². The van der Waals surface area contributed by atoms with Gasteiger partial charge in [0.25, 0.3) is 0 Å². The van der Waals surface area contributed by atoms with Gasteiger partial charge in [-0.05, 0) is 5.41 Å². The Hall–Kier alpha value is -1.82. The van der Waals surface area contributed by atoms with Crippen molar-refractivity contribution in [3.63, 3.8) is 0 Å². The van der Waals surface area contributed by atoms with Crippen LogP contribution in [0.3, 0.4) is 0 Å². The van der Waals surface area contributed by atoms with E-state index in [1.807, 2.05) is 20.8 Å². The highest BCUT2D eigenvalue weighted by Crippen LogP contribution is 2.62. The molecule has 0 aromatic carbocycles. The lowest BCUT2D eigenvalue weighted by atomic mass is 9.86. The number of phosphoric acid groups is 1. The summed E-state index contributed by atoms with van der Waals surface area (Å²) < 4.78 is 49.4. The second-order valence-corrected chi connectivity index (χ2v) is 10.7. The van der Waals surface area contributed by atoms with E-state index in [4.69, 9.17) is 33.5 Å². The number of hydrogen-bond acceptors (Lipinski definition) is 11. The van der Waals surface area contributed by atoms with Crippen molar-refractivity contribution < 1.29 is 32.3 Å². The highest BCUT2D eigenvalue weighted by atomic mass is 31.2. The minimum Gasteiger partial charge on any atom is -0.479 e. The average molecular weight is 455 g/mol. The Morgan fingerprint density at radius 1 is 1.39 bits per heavy atom. The number of hydrogen-bond donors (Lipinski definition) is 1. The van der Waals surface area contributed by atoms with Crippen LogP contribution in [0.15, 0.2) is 6.33 Å². The van der Waals surface area contributed by atoms with Gasteiger partial charge in [-0.1, -0.05) is 20.8 Å². The van der Waals surface area contributed by atoms with Gasteiger partial charge in [0.15, 0.2) is 17.4 Å². The Kier molecular flexibility index (Phi) is 4.82. The van der Waals surface area contributed by atoms with Crippen LogP contribution in [0.25, 0.3) is 11.2 Å². The lowest BCUT2D eigenvalue weighted by Gasteiger charge is -2.46. The van der Waals surface area contributed by atoms with Crippen LogP contribution >= 0.6 is 7.82 Å². The molecule has 0 bridgehead atoms. The molecule has 12 nitrogen and oxygen atoms in total. The van der Waals surface area contributed by atoms with Gasteiger partial charge in [0.2, 0.25) is 11.8 Å². The van der Waals surface area contributed by atoms with Crippen LogP contribution in [-0.4, -0.2) is 64.3 Å². The molecule has 0 aliphatic carbocycles. The predicted octanol–water partition coefficient (Wildman–Crippen LogP) is 2.06. The minimum absolute atomic E-state index is 0.0461. The molecule has 5 atom stereocenters. The van der Waals surface area contributed by atoms with E-state index in [1.54, 1.807) is 10.9 Å². The van der Waals surface area contributed by atoms with Crippen LogP contribution in [0.5, 0.6) is 5.88 Å². The van der Waals surface area contributed by atoms with Crippen LogP contribution in [0, 0.1) is 5.41 Å². The molecule has 3 aliphatic heterocycles. The number of fused-ring (bicyclic) bond motifs is 3. The summed E-state index contributed by atoms with van der Waals surface area (Å²) in [5.41, 5.74) is 5.66. The zero-order chi connectivity index (χ0) is 22.0. The van der Waals surface area contributed by atoms with Crippen molar-refractivity contribution in [1.82, 2.24) is 19.5 Å². The van der Waals surface area contributed by atoms with Crippen LogP contribution in [0.2, 0.25) is 0 Å². The Morgan fingerprint density at radius 2 is 2.16 bits per heavy atom. The highest BCUT2D eigenvalue weighted by molar-refractivity contribution is 7.48. The van der Waals surface area contributed by atoms with Crippen molar-refractivity contribution in [3.8, 4) is 5.88 Å². The quantitative estimate of drug-likeness (QED) is 0.677. The normalized spacial score (nSPS) is 35.3. The van der Waals surface area contributed by atoms with Crippen molar-refractivity contribution in [1.29, 1.82) is 0 Å². The van der Waals surface area contributed by atoms with Gasteiger partial charge in [0.1, 0.15) is 17.8 Å². The summed E-state index contributed by atoms with van der Waals surface area (Å²) in [6.45, 7) is 6.73. The number of rotatable bonds is 4. The van der Waals surface area contributed by atoms with Crippen molar-refractivity contribution in [2.24, 2.45) is 5.41 Å². The number of phosphoric ester groups is 1. The SMILES string of the molecule is COc1nc(N)nc2c1ncn2C1OC2COP(=O)(OCC(C)(C)C)O[C@H]2[C@]12CCO2. The summed E-state index contributed by atoms with van der Waals surface area (Å²) in [6, 6.07) is 0. The second-order valence-electron chi connectivity index (χ2n) is 9.10. The van der Waals surface area contributed by atoms with Gasteiger partial charge in [-0.15, -0.1) is 0 Å². The van der Waals surface area contributed by atoms with Crippen molar-refractivity contribution in [2.75, 3.05) is 32.7 Å². The lowest BCUT2D eigenvalue weighted by Crippen LogP contribution is -2.58. The summed E-state index contributed by atoms with van der Waals surface area (Å²) >= 11 is 0. The molecule has 3 aliphatic rings. The van der Waals surface area contributed by atoms with Crippen LogP contribution in [0.4, 0.5) is 5.95 Å². The monoisotopic (exact) mass is 455 g/mol. The van der Waals surface area contributed by atoms with Crippen molar-refractivity contribution in [3.05, 3.63) is 6.33 Å². The number of anilines is 1. The average Bonchev–Trinajstić information content (AvgIpc) is 3.23. The maximum absolute atomic E-state index is 13.1. The molecule has 0 radical (unpaired) electrons. The molecule has 0 amide bonds. The Balaban J connectivity index is 1.48. The van der Waals surface area contributed by atoms with Crippen molar-refractivity contribution >= 4 is 24.9 Å². The number of aromatic nitrogens is 4. The van der Waals surface area contributed by atoms with E-state index in [0.717, 1.165) is 0 Å². The zero-order valence-electron chi connectivity index (χ0n) is 17.8. The number of nitrogen functional groups attached to an aromatic ring is 1. The molecular weight excluding hydrogens is 429 g/mol. The first-order valence-electron chi connectivity index (χ1n) is 10.1. The molecule has 3 fully saturated rings. The first kappa shape index (κ1) is 21.0. The molecule has 5 heterocycles. The molecule has 2 N–H and O–H groups in total. The molecule has 3 saturated heterocycles. The molecular formula is C18H26N5O7P. The molecule has 170 valence electrons. The number of methoxy groups -OCH3 is 1. The van der Waals surface area contributed by atoms with E-state index in [2.05, 4.69) is 15.0 Å². The summed E-state index contributed by atoms with van der Waals surface area (Å²) in [6.07, 6.45) is 0.435. The van der Waals surface area contributed by atoms with E-state index < -0.39 is 31.9 Å². The fourth-order valence-corrected chi connectivity index (χ4v) is 5.71. The van der Waals surface area contributed by atoms with E-state index in [-0.39, 0.29) is 30.5 Å². The molecule has 13 heteroatoms. The number of ether oxygens (including phenoxy) is 3. The maximum Gasteiger partial charge on any atom is 0.475 e. The molecule has 0 saturated carbocycles. The third-order valence-electron chi connectivity index (χ3n) is 5.55. The fraction of sp³-hybridized carbons (Fsp3) is 0.722. The van der Waals surface area contributed by atoms with Gasteiger partial charge >= 0.3 is 7.82 Å². The van der Waals surface area contributed by atoms with E-state index in [1.165, 1.54) is 7.11 Å². The topological polar surface area (TPSA) is 142 Å². The highest BCUT2D eigenvalue weighted by Gasteiger charge is 2.66. The summed E-state index contributed by atoms with van der Waals surface area (Å²) in [5, 5.41) is 0. The van der Waals surface area contributed by atoms with E-state index in [0.29, 0.717) is 24.2 Å². The Morgan fingerprint density at radius 3 is 2.81 bits per heavy atom. The third-order valence-corrected chi connectivity index (χ3v) is 6.95. The Labute approximate surface area is 178 Å². The zero-order valence-corrected chi connectivity index (χ0v) is 18.7. The Bertz CT molecular complexity index is 1050. The summed E-state index contributed by atoms with van der Waals surface area (Å²) in [7, 11) is -2.28. The molecule has 31 heavy (non-hydrogen) atoms. The summed E-state index contributed by atoms with van der Waals surface area (Å²) in [4.78, 5) is 12.7. The first-order chi connectivity index (χ1) is 14.6. The number of nitrogens with two attached hydrogens (primary N) is 1. The first-order valence-corrected chi connectivity index (χ1v) is 11.5. The van der Waals surface area contributed by atoms with E-state index in [9.17, 15) is 4.57 Å². The smallest absolute Gasteiger partial charge is 0.475 e. The third kappa shape index (κ3) is 3.42. The van der Waals surface area contributed by atoms with Crippen LogP contribution in [-0.2, 0) is 27.6 Å². The molecule has 3 unspecified atom stereocenters. The second kappa shape index (κ2) is 7.09. The van der Waals surface area contributed by atoms with Gasteiger partial charge in [-0.2, -0.15) is 9.97 Å². The number of nitrogens with zero attached hydrogens (tertiary/aromatic N) is 4. The minimum atomic E-state index is -3.76. The van der Waals surface area contributed by atoms with Crippen LogP contribution in [0.1, 0.15) is 33.4 Å². The summed E-state index contributed by atoms with van der Waals surface area (Å²) in [5.74, 6) is 0.310. The maximum atomic E-state index is 13.1. The van der Waals surface area contributed by atoms with Gasteiger partial charge in [0.05, 0.1) is 33.3 Å².